The summed E-state index contributed by atoms with van der Waals surface area (Å²) in [6.45, 7) is -1.76. The maximum Gasteiger partial charge on any atom is 0.411 e. The van der Waals surface area contributed by atoms with Gasteiger partial charge in [-0.3, -0.25) is 4.79 Å². The number of aromatic hydroxyl groups is 1. The number of halogens is 3. The number of carbonyl (C=O) groups is 1. The van der Waals surface area contributed by atoms with E-state index < -0.39 is 25.3 Å². The van der Waals surface area contributed by atoms with Crippen molar-refractivity contribution in [1.29, 1.82) is 0 Å². The molecular weight excluding hydrogens is 275 g/mol. The van der Waals surface area contributed by atoms with Gasteiger partial charge in [0.15, 0.2) is 0 Å². The summed E-state index contributed by atoms with van der Waals surface area (Å²) in [6.07, 6.45) is -3.04. The molecule has 0 bridgehead atoms. The number of hydrogen-bond acceptors (Lipinski definition) is 3. The highest BCUT2D eigenvalue weighted by atomic mass is 19.4. The zero-order chi connectivity index (χ0) is 14.8. The number of carbonyl (C=O) groups excluding carboxylic acids is 1. The molecule has 0 saturated heterocycles. The fourth-order valence-corrected chi connectivity index (χ4v) is 2.21. The van der Waals surface area contributed by atoms with Crippen LogP contribution in [0.1, 0.15) is 12.0 Å². The standard InChI is InChI=1S/C13H14F3NO3/c14-13(15,16)8-20-7-11(19)17-6-2-4-9-3-1-5-10(18)12(9)17/h1,3,5,18H,2,4,6-8H2. The minimum absolute atomic E-state index is 0.0497. The molecule has 1 aromatic carbocycles. The number of ether oxygens (including phenoxy) is 1. The summed E-state index contributed by atoms with van der Waals surface area (Å²) in [5.74, 6) is -0.636. The molecule has 1 aliphatic heterocycles. The maximum absolute atomic E-state index is 12.0. The molecule has 0 spiro atoms. The molecule has 2 rings (SSSR count). The van der Waals surface area contributed by atoms with E-state index in [1.165, 1.54) is 11.0 Å². The van der Waals surface area contributed by atoms with E-state index in [1.54, 1.807) is 12.1 Å². The van der Waals surface area contributed by atoms with Gasteiger partial charge in [0.05, 0.1) is 5.69 Å². The Hall–Kier alpha value is -1.76. The molecule has 0 radical (unpaired) electrons. The molecule has 1 N–H and O–H groups in total. The second-order valence-corrected chi connectivity index (χ2v) is 4.54. The molecule has 1 amide bonds. The number of anilines is 1. The quantitative estimate of drug-likeness (QED) is 0.928. The van der Waals surface area contributed by atoms with Crippen molar-refractivity contribution >= 4 is 11.6 Å². The first-order chi connectivity index (χ1) is 9.38. The van der Waals surface area contributed by atoms with Crippen molar-refractivity contribution in [2.75, 3.05) is 24.7 Å². The van der Waals surface area contributed by atoms with E-state index in [2.05, 4.69) is 4.74 Å². The molecule has 1 aromatic rings. The van der Waals surface area contributed by atoms with Gasteiger partial charge in [-0.2, -0.15) is 13.2 Å². The van der Waals surface area contributed by atoms with Crippen LogP contribution < -0.4 is 4.90 Å². The van der Waals surface area contributed by atoms with E-state index in [1.807, 2.05) is 0 Å². The van der Waals surface area contributed by atoms with Gasteiger partial charge in [0, 0.05) is 6.54 Å². The van der Waals surface area contributed by atoms with Crippen LogP contribution in [-0.4, -0.2) is 36.9 Å². The van der Waals surface area contributed by atoms with Gasteiger partial charge in [-0.05, 0) is 24.5 Å². The average Bonchev–Trinajstić information content (AvgIpc) is 2.37. The van der Waals surface area contributed by atoms with E-state index in [-0.39, 0.29) is 5.75 Å². The lowest BCUT2D eigenvalue weighted by Crippen LogP contribution is -2.38. The first kappa shape index (κ1) is 14.6. The average molecular weight is 289 g/mol. The molecular formula is C13H14F3NO3. The molecule has 0 aromatic heterocycles. The lowest BCUT2D eigenvalue weighted by atomic mass is 10.0. The van der Waals surface area contributed by atoms with E-state index in [0.717, 1.165) is 12.0 Å². The van der Waals surface area contributed by atoms with Gasteiger partial charge in [-0.25, -0.2) is 0 Å². The molecule has 4 nitrogen and oxygen atoms in total. The Labute approximate surface area is 113 Å². The van der Waals surface area contributed by atoms with Gasteiger partial charge < -0.3 is 14.7 Å². The van der Waals surface area contributed by atoms with Gasteiger partial charge >= 0.3 is 6.18 Å². The number of alkyl halides is 3. The lowest BCUT2D eigenvalue weighted by Gasteiger charge is -2.30. The van der Waals surface area contributed by atoms with Crippen LogP contribution in [0.5, 0.6) is 5.75 Å². The minimum Gasteiger partial charge on any atom is -0.506 e. The Morgan fingerprint density at radius 3 is 2.85 bits per heavy atom. The number of para-hydroxylation sites is 1. The van der Waals surface area contributed by atoms with Crippen molar-refractivity contribution in [3.05, 3.63) is 23.8 Å². The summed E-state index contributed by atoms with van der Waals surface area (Å²) in [7, 11) is 0. The van der Waals surface area contributed by atoms with Crippen molar-refractivity contribution in [2.45, 2.75) is 19.0 Å². The molecule has 0 unspecified atom stereocenters. The fraction of sp³-hybridized carbons (Fsp3) is 0.462. The first-order valence-corrected chi connectivity index (χ1v) is 6.14. The zero-order valence-electron chi connectivity index (χ0n) is 10.6. The van der Waals surface area contributed by atoms with Crippen molar-refractivity contribution in [3.8, 4) is 5.75 Å². The number of fused-ring (bicyclic) bond motifs is 1. The van der Waals surface area contributed by atoms with Gasteiger partial charge in [-0.15, -0.1) is 0 Å². The van der Waals surface area contributed by atoms with Gasteiger partial charge in [0.25, 0.3) is 5.91 Å². The van der Waals surface area contributed by atoms with Gasteiger partial charge in [-0.1, -0.05) is 12.1 Å². The zero-order valence-corrected chi connectivity index (χ0v) is 10.6. The summed E-state index contributed by atoms with van der Waals surface area (Å²) >= 11 is 0. The molecule has 110 valence electrons. The third-order valence-electron chi connectivity index (χ3n) is 2.99. The highest BCUT2D eigenvalue weighted by Gasteiger charge is 2.29. The maximum atomic E-state index is 12.0. The Morgan fingerprint density at radius 2 is 2.15 bits per heavy atom. The van der Waals surface area contributed by atoms with Gasteiger partial charge in [0.1, 0.15) is 19.0 Å². The van der Waals surface area contributed by atoms with E-state index in [9.17, 15) is 23.1 Å². The van der Waals surface area contributed by atoms with Crippen LogP contribution >= 0.6 is 0 Å². The number of aryl methyl sites for hydroxylation is 1. The fourth-order valence-electron chi connectivity index (χ4n) is 2.21. The molecule has 0 aliphatic carbocycles. The van der Waals surface area contributed by atoms with Crippen LogP contribution in [0.15, 0.2) is 18.2 Å². The van der Waals surface area contributed by atoms with Crippen molar-refractivity contribution in [1.82, 2.24) is 0 Å². The third kappa shape index (κ3) is 3.41. The van der Waals surface area contributed by atoms with Crippen LogP contribution in [0.4, 0.5) is 18.9 Å². The number of rotatable bonds is 3. The Balaban J connectivity index is 2.06. The molecule has 7 heteroatoms. The van der Waals surface area contributed by atoms with Crippen LogP contribution in [0.3, 0.4) is 0 Å². The first-order valence-electron chi connectivity index (χ1n) is 6.14. The van der Waals surface area contributed by atoms with Crippen LogP contribution in [0.2, 0.25) is 0 Å². The number of hydrogen-bond donors (Lipinski definition) is 1. The molecule has 0 fully saturated rings. The predicted octanol–water partition coefficient (Wildman–Crippen LogP) is 2.25. The Bertz CT molecular complexity index is 502. The van der Waals surface area contributed by atoms with Crippen LogP contribution in [0, 0.1) is 0 Å². The van der Waals surface area contributed by atoms with E-state index >= 15 is 0 Å². The highest BCUT2D eigenvalue weighted by Crippen LogP contribution is 2.35. The van der Waals surface area contributed by atoms with Gasteiger partial charge in [0.2, 0.25) is 0 Å². The third-order valence-corrected chi connectivity index (χ3v) is 2.99. The number of nitrogens with zero attached hydrogens (tertiary/aromatic N) is 1. The molecule has 0 atom stereocenters. The molecule has 1 heterocycles. The van der Waals surface area contributed by atoms with Crippen molar-refractivity contribution in [2.24, 2.45) is 0 Å². The molecule has 1 aliphatic rings. The monoisotopic (exact) mass is 289 g/mol. The van der Waals surface area contributed by atoms with Crippen molar-refractivity contribution in [3.63, 3.8) is 0 Å². The summed E-state index contributed by atoms with van der Waals surface area (Å²) in [6, 6.07) is 4.90. The summed E-state index contributed by atoms with van der Waals surface area (Å²) in [5.41, 5.74) is 1.18. The summed E-state index contributed by atoms with van der Waals surface area (Å²) in [5, 5.41) is 9.82. The van der Waals surface area contributed by atoms with Crippen molar-refractivity contribution < 1.29 is 27.8 Å². The van der Waals surface area contributed by atoms with Crippen LogP contribution in [0.25, 0.3) is 0 Å². The second-order valence-electron chi connectivity index (χ2n) is 4.54. The molecule has 0 saturated carbocycles. The number of benzene rings is 1. The predicted molar refractivity (Wildman–Crippen MR) is 65.7 cm³/mol. The largest absolute Gasteiger partial charge is 0.506 e. The number of phenolic OH excluding ortho intramolecular Hbond substituents is 1. The van der Waals surface area contributed by atoms with Crippen LogP contribution in [-0.2, 0) is 16.0 Å². The topological polar surface area (TPSA) is 49.8 Å². The molecule has 20 heavy (non-hydrogen) atoms. The minimum atomic E-state index is -4.46. The second kappa shape index (κ2) is 5.70. The Kier molecular flexibility index (Phi) is 4.17. The van der Waals surface area contributed by atoms with E-state index in [0.29, 0.717) is 18.7 Å². The lowest BCUT2D eigenvalue weighted by molar-refractivity contribution is -0.175. The summed E-state index contributed by atoms with van der Waals surface area (Å²) < 4.78 is 40.3. The Morgan fingerprint density at radius 1 is 1.40 bits per heavy atom. The number of phenols is 1. The normalized spacial score (nSPS) is 15.1. The van der Waals surface area contributed by atoms with E-state index in [4.69, 9.17) is 0 Å². The summed E-state index contributed by atoms with van der Waals surface area (Å²) in [4.78, 5) is 13.2. The number of amides is 1. The smallest absolute Gasteiger partial charge is 0.411 e. The highest BCUT2D eigenvalue weighted by molar-refractivity contribution is 5.97. The SMILES string of the molecule is O=C(COCC(F)(F)F)N1CCCc2cccc(O)c21.